The first-order valence-corrected chi connectivity index (χ1v) is 13.4. The van der Waals surface area contributed by atoms with Gasteiger partial charge in [0.15, 0.2) is 11.5 Å². The summed E-state index contributed by atoms with van der Waals surface area (Å²) in [4.78, 5) is 36.3. The molecule has 0 aromatic carbocycles. The number of fused-ring (bicyclic) bond motifs is 1. The van der Waals surface area contributed by atoms with Crippen molar-refractivity contribution in [2.75, 3.05) is 18.7 Å². The van der Waals surface area contributed by atoms with Gasteiger partial charge in [0.1, 0.15) is 29.8 Å². The van der Waals surface area contributed by atoms with Crippen molar-refractivity contribution in [1.29, 1.82) is 0 Å². The van der Waals surface area contributed by atoms with Gasteiger partial charge in [-0.3, -0.25) is 14.2 Å². The monoisotopic (exact) mass is 513 g/mol. The molecule has 0 aliphatic carbocycles. The molecular weight excluding hydrogens is 477 g/mol. The van der Waals surface area contributed by atoms with Gasteiger partial charge in [0.2, 0.25) is 7.44 Å². The van der Waals surface area contributed by atoms with Crippen LogP contribution in [0.3, 0.4) is 0 Å². The van der Waals surface area contributed by atoms with E-state index in [-0.39, 0.29) is 18.8 Å². The van der Waals surface area contributed by atoms with E-state index in [2.05, 4.69) is 25.1 Å². The first kappa shape index (κ1) is 28.6. The highest BCUT2D eigenvalue weighted by Crippen LogP contribution is 2.40. The summed E-state index contributed by atoms with van der Waals surface area (Å²) in [5.41, 5.74) is 5.26. The number of carbonyl (C=O) groups is 2. The number of nitrogens with zero attached hydrogens (tertiary/aromatic N) is 4. The van der Waals surface area contributed by atoms with Crippen LogP contribution in [-0.4, -0.2) is 67.2 Å². The van der Waals surface area contributed by atoms with Crippen molar-refractivity contribution < 1.29 is 28.7 Å². The molecule has 3 atom stereocenters. The number of rotatable bonds is 15. The quantitative estimate of drug-likeness (QED) is 0.155. The predicted molar refractivity (Wildman–Crippen MR) is 131 cm³/mol. The van der Waals surface area contributed by atoms with Crippen LogP contribution >= 0.6 is 7.44 Å². The van der Waals surface area contributed by atoms with Gasteiger partial charge in [-0.15, -0.1) is 0 Å². The number of nitrogens with two attached hydrogens (primary N) is 1. The molecule has 13 nitrogen and oxygen atoms in total. The van der Waals surface area contributed by atoms with E-state index in [0.717, 1.165) is 19.3 Å². The third-order valence-corrected chi connectivity index (χ3v) is 7.40. The van der Waals surface area contributed by atoms with Crippen molar-refractivity contribution in [1.82, 2.24) is 29.7 Å². The average Bonchev–Trinajstić information content (AvgIpc) is 3.18. The summed E-state index contributed by atoms with van der Waals surface area (Å²) in [6.45, 7) is 8.63. The smallest absolute Gasteiger partial charge is 0.323 e. The summed E-state index contributed by atoms with van der Waals surface area (Å²) in [6, 6.07) is -0.948. The largest absolute Gasteiger partial charge is 0.480 e. The molecule has 2 heterocycles. The number of nitrogen functional groups attached to an aromatic ring is 1. The van der Waals surface area contributed by atoms with Crippen LogP contribution in [-0.2, 0) is 30.2 Å². The molecule has 0 saturated carbocycles. The second-order valence-electron chi connectivity index (χ2n) is 8.94. The number of ether oxygens (including phenoxy) is 2. The van der Waals surface area contributed by atoms with E-state index in [1.165, 1.54) is 27.1 Å². The second kappa shape index (κ2) is 12.4. The molecule has 2 rings (SSSR count). The number of carbonyl (C=O) groups excluding carboxylic acids is 1. The summed E-state index contributed by atoms with van der Waals surface area (Å²) in [7, 11) is -3.72. The SMILES string of the molecule is CCCCCOC(=O)[C@@H](C)N[P@](=O)(CO[C@H](C)Cn1cnc2c(N)ncnc21)NC(C)(C)C(=O)O. The van der Waals surface area contributed by atoms with E-state index >= 15 is 0 Å². The van der Waals surface area contributed by atoms with Gasteiger partial charge in [0, 0.05) is 0 Å². The van der Waals surface area contributed by atoms with Gasteiger partial charge in [0.05, 0.1) is 25.6 Å². The summed E-state index contributed by atoms with van der Waals surface area (Å²) in [5.74, 6) is -1.53. The van der Waals surface area contributed by atoms with Gasteiger partial charge in [0.25, 0.3) is 0 Å². The Balaban J connectivity index is 2.08. The van der Waals surface area contributed by atoms with E-state index < -0.39 is 37.1 Å². The van der Waals surface area contributed by atoms with Crippen molar-refractivity contribution in [3.05, 3.63) is 12.7 Å². The zero-order valence-electron chi connectivity index (χ0n) is 20.9. The highest BCUT2D eigenvalue weighted by Gasteiger charge is 2.38. The number of unbranched alkanes of at least 4 members (excludes halogenated alkanes) is 2. The molecule has 35 heavy (non-hydrogen) atoms. The Bertz CT molecular complexity index is 1060. The van der Waals surface area contributed by atoms with Gasteiger partial charge in [-0.1, -0.05) is 19.8 Å². The second-order valence-corrected chi connectivity index (χ2v) is 11.2. The van der Waals surface area contributed by atoms with Crippen LogP contribution in [0.2, 0.25) is 0 Å². The van der Waals surface area contributed by atoms with Crippen LogP contribution in [0.4, 0.5) is 5.82 Å². The summed E-state index contributed by atoms with van der Waals surface area (Å²) >= 11 is 0. The first-order chi connectivity index (χ1) is 16.4. The van der Waals surface area contributed by atoms with Crippen molar-refractivity contribution >= 4 is 36.4 Å². The zero-order chi connectivity index (χ0) is 26.2. The molecule has 14 heteroatoms. The molecule has 0 saturated heterocycles. The number of hydrogen-bond donors (Lipinski definition) is 4. The first-order valence-electron chi connectivity index (χ1n) is 11.5. The molecule has 0 radical (unpaired) electrons. The number of imidazole rings is 1. The fraction of sp³-hybridized carbons (Fsp3) is 0.667. The molecule has 2 aromatic heterocycles. The fourth-order valence-corrected chi connectivity index (χ4v) is 5.61. The minimum absolute atomic E-state index is 0.256. The molecule has 0 amide bonds. The van der Waals surface area contributed by atoms with E-state index in [0.29, 0.717) is 17.7 Å². The van der Waals surface area contributed by atoms with Crippen LogP contribution in [0, 0.1) is 0 Å². The molecular formula is C21H36N7O6P. The molecule has 196 valence electrons. The van der Waals surface area contributed by atoms with Gasteiger partial charge in [-0.2, -0.15) is 0 Å². The fourth-order valence-electron chi connectivity index (χ4n) is 3.21. The van der Waals surface area contributed by atoms with Crippen LogP contribution in [0.25, 0.3) is 11.2 Å². The molecule has 0 unspecified atom stereocenters. The number of esters is 1. The summed E-state index contributed by atoms with van der Waals surface area (Å²) in [6.07, 6.45) is 4.69. The van der Waals surface area contributed by atoms with Crippen LogP contribution in [0.15, 0.2) is 12.7 Å². The summed E-state index contributed by atoms with van der Waals surface area (Å²) < 4.78 is 26.5. The molecule has 0 aliphatic rings. The van der Waals surface area contributed by atoms with Crippen molar-refractivity contribution in [2.45, 2.75) is 78.1 Å². The lowest BCUT2D eigenvalue weighted by Crippen LogP contribution is -2.49. The van der Waals surface area contributed by atoms with Gasteiger partial charge >= 0.3 is 11.9 Å². The maximum absolute atomic E-state index is 13.7. The highest BCUT2D eigenvalue weighted by molar-refractivity contribution is 7.59. The molecule has 0 fully saturated rings. The average molecular weight is 514 g/mol. The standard InChI is InChI=1S/C21H36N7O6P/c1-6-7-8-9-33-19(29)15(3)26-35(32,27-21(4,5)20(30)31)13-34-14(2)10-28-12-25-16-17(22)23-11-24-18(16)28/h11-12,14-15H,6-10,13H2,1-5H3,(H,30,31)(H2,22,23,24)(H2,26,27,32)/t14-,15-,35-/m1/s1. The zero-order valence-corrected chi connectivity index (χ0v) is 21.7. The van der Waals surface area contributed by atoms with Gasteiger partial charge < -0.3 is 24.9 Å². The van der Waals surface area contributed by atoms with Crippen molar-refractivity contribution in [3.63, 3.8) is 0 Å². The number of carboxylic acids is 1. The minimum atomic E-state index is -3.72. The van der Waals surface area contributed by atoms with E-state index in [9.17, 15) is 19.3 Å². The Morgan fingerprint density at radius 2 is 1.97 bits per heavy atom. The van der Waals surface area contributed by atoms with E-state index in [1.807, 2.05) is 6.92 Å². The Labute approximate surface area is 204 Å². The lowest BCUT2D eigenvalue weighted by molar-refractivity contribution is -0.145. The van der Waals surface area contributed by atoms with Crippen molar-refractivity contribution in [3.8, 4) is 0 Å². The Hall–Kier alpha value is -2.60. The van der Waals surface area contributed by atoms with E-state index in [4.69, 9.17) is 15.2 Å². The van der Waals surface area contributed by atoms with Crippen LogP contribution in [0.1, 0.15) is 53.9 Å². The molecule has 0 spiro atoms. The maximum Gasteiger partial charge on any atom is 0.323 e. The number of hydrogen-bond acceptors (Lipinski definition) is 9. The lowest BCUT2D eigenvalue weighted by atomic mass is 10.1. The molecule has 0 bridgehead atoms. The molecule has 2 aromatic rings. The predicted octanol–water partition coefficient (Wildman–Crippen LogP) is 2.13. The highest BCUT2D eigenvalue weighted by atomic mass is 31.2. The Kier molecular flexibility index (Phi) is 10.1. The Morgan fingerprint density at radius 1 is 1.26 bits per heavy atom. The number of aliphatic carboxylic acids is 1. The molecule has 5 N–H and O–H groups in total. The summed E-state index contributed by atoms with van der Waals surface area (Å²) in [5, 5.41) is 14.9. The normalized spacial score (nSPS) is 15.5. The third kappa shape index (κ3) is 8.24. The topological polar surface area (TPSA) is 184 Å². The number of carboxylic acid groups (broad SMARTS) is 1. The maximum atomic E-state index is 13.7. The molecule has 0 aliphatic heterocycles. The lowest BCUT2D eigenvalue weighted by Gasteiger charge is -2.31. The van der Waals surface area contributed by atoms with E-state index in [1.54, 1.807) is 17.8 Å². The third-order valence-electron chi connectivity index (χ3n) is 5.17. The number of anilines is 1. The van der Waals surface area contributed by atoms with Gasteiger partial charge in [-0.05, 0) is 34.1 Å². The Morgan fingerprint density at radius 3 is 2.63 bits per heavy atom. The van der Waals surface area contributed by atoms with Crippen molar-refractivity contribution in [2.24, 2.45) is 0 Å². The van der Waals surface area contributed by atoms with Gasteiger partial charge in [-0.25, -0.2) is 25.1 Å². The number of nitrogens with one attached hydrogen (secondary N) is 2. The number of aromatic nitrogens is 4. The van der Waals surface area contributed by atoms with Crippen LogP contribution < -0.4 is 15.9 Å². The minimum Gasteiger partial charge on any atom is -0.480 e. The van der Waals surface area contributed by atoms with Crippen LogP contribution in [0.5, 0.6) is 0 Å².